The van der Waals surface area contributed by atoms with Crippen LogP contribution >= 0.6 is 11.3 Å². The van der Waals surface area contributed by atoms with Crippen molar-refractivity contribution in [3.05, 3.63) is 11.1 Å². The van der Waals surface area contributed by atoms with Crippen molar-refractivity contribution in [1.82, 2.24) is 10.3 Å². The maximum atomic E-state index is 12.0. The van der Waals surface area contributed by atoms with Gasteiger partial charge in [0.15, 0.2) is 10.9 Å². The highest BCUT2D eigenvalue weighted by molar-refractivity contribution is 7.86. The molecule has 0 amide bonds. The van der Waals surface area contributed by atoms with Gasteiger partial charge in [-0.25, -0.2) is 4.98 Å². The van der Waals surface area contributed by atoms with E-state index in [1.165, 1.54) is 11.3 Å². The minimum atomic E-state index is -3.41. The number of hydrogen-bond donors (Lipinski definition) is 1. The highest BCUT2D eigenvalue weighted by Gasteiger charge is 2.33. The van der Waals surface area contributed by atoms with Crippen molar-refractivity contribution >= 4 is 32.4 Å². The third-order valence-corrected chi connectivity index (χ3v) is 4.84. The molecule has 1 atom stereocenters. The monoisotopic (exact) mass is 317 g/mol. The molecule has 0 bridgehead atoms. The van der Waals surface area contributed by atoms with Crippen LogP contribution in [-0.2, 0) is 14.3 Å². The number of nitrogens with one attached hydrogen (secondary N) is 1. The van der Waals surface area contributed by atoms with Gasteiger partial charge in [0, 0.05) is 18.5 Å². The first-order chi connectivity index (χ1) is 9.42. The molecule has 0 aliphatic carbocycles. The van der Waals surface area contributed by atoms with Crippen molar-refractivity contribution in [3.63, 3.8) is 0 Å². The van der Waals surface area contributed by atoms with Gasteiger partial charge in [0.05, 0.1) is 12.3 Å². The van der Waals surface area contributed by atoms with Crippen LogP contribution in [0.15, 0.2) is 5.38 Å². The molecule has 110 valence electrons. The van der Waals surface area contributed by atoms with E-state index in [1.807, 2.05) is 4.90 Å². The Kier molecular flexibility index (Phi) is 3.53. The van der Waals surface area contributed by atoms with E-state index >= 15 is 0 Å². The van der Waals surface area contributed by atoms with Crippen molar-refractivity contribution in [3.8, 4) is 0 Å². The number of rotatable bonds is 5. The van der Waals surface area contributed by atoms with Crippen LogP contribution in [0.25, 0.3) is 0 Å². The summed E-state index contributed by atoms with van der Waals surface area (Å²) in [5.41, 5.74) is 0.481. The van der Waals surface area contributed by atoms with E-state index in [0.29, 0.717) is 18.8 Å². The molecule has 1 unspecified atom stereocenters. The first-order valence-electron chi connectivity index (χ1n) is 6.29. The Bertz CT molecular complexity index is 617. The third-order valence-electron chi connectivity index (χ3n) is 3.31. The number of Topliss-reactive ketones (excluding diaryl/α,β-unsaturated/α-hetero) is 1. The van der Waals surface area contributed by atoms with Crippen molar-refractivity contribution in [2.24, 2.45) is 0 Å². The average molecular weight is 317 g/mol. The minimum absolute atomic E-state index is 0.0307. The second kappa shape index (κ2) is 5.06. The number of nitrogens with zero attached hydrogens (tertiary/aromatic N) is 2. The number of carbonyl (C=O) groups is 1. The average Bonchev–Trinajstić information content (AvgIpc) is 2.67. The lowest BCUT2D eigenvalue weighted by Crippen LogP contribution is -2.53. The van der Waals surface area contributed by atoms with E-state index in [0.717, 1.165) is 24.4 Å². The molecule has 2 aliphatic heterocycles. The van der Waals surface area contributed by atoms with E-state index < -0.39 is 10.1 Å². The van der Waals surface area contributed by atoms with Crippen LogP contribution in [0.3, 0.4) is 0 Å². The highest BCUT2D eigenvalue weighted by Crippen LogP contribution is 2.27. The number of hydrogen-bond acceptors (Lipinski definition) is 8. The number of anilines is 1. The zero-order valence-electron chi connectivity index (χ0n) is 10.9. The molecule has 3 rings (SSSR count). The molecular formula is C11H15N3O4S2. The zero-order valence-corrected chi connectivity index (χ0v) is 12.5. The van der Waals surface area contributed by atoms with E-state index in [-0.39, 0.29) is 17.9 Å². The van der Waals surface area contributed by atoms with Crippen molar-refractivity contribution in [1.29, 1.82) is 0 Å². The second-order valence-electron chi connectivity index (χ2n) is 5.00. The van der Waals surface area contributed by atoms with Crippen LogP contribution < -0.4 is 10.2 Å². The largest absolute Gasteiger partial charge is 0.343 e. The molecule has 20 heavy (non-hydrogen) atoms. The first-order valence-corrected chi connectivity index (χ1v) is 8.98. The lowest BCUT2D eigenvalue weighted by Gasteiger charge is -2.37. The van der Waals surface area contributed by atoms with Crippen molar-refractivity contribution in [2.75, 3.05) is 30.8 Å². The maximum absolute atomic E-state index is 12.0. The second-order valence-corrected chi connectivity index (χ2v) is 7.44. The molecule has 2 fully saturated rings. The summed E-state index contributed by atoms with van der Waals surface area (Å²) in [4.78, 5) is 18.2. The van der Waals surface area contributed by atoms with Gasteiger partial charge < -0.3 is 10.2 Å². The fraction of sp³-hybridized carbons (Fsp3) is 0.636. The summed E-state index contributed by atoms with van der Waals surface area (Å²) < 4.78 is 26.8. The molecule has 0 saturated carbocycles. The molecular weight excluding hydrogens is 302 g/mol. The Morgan fingerprint density at radius 1 is 1.55 bits per heavy atom. The summed E-state index contributed by atoms with van der Waals surface area (Å²) in [5.74, 6) is 0.0307. The van der Waals surface area contributed by atoms with E-state index in [9.17, 15) is 13.2 Å². The Hall–Kier alpha value is -1.03. The van der Waals surface area contributed by atoms with Crippen molar-refractivity contribution in [2.45, 2.75) is 18.6 Å². The molecule has 9 heteroatoms. The molecule has 2 aliphatic rings. The van der Waals surface area contributed by atoms with Gasteiger partial charge in [-0.3, -0.25) is 8.98 Å². The Morgan fingerprint density at radius 3 is 2.80 bits per heavy atom. The van der Waals surface area contributed by atoms with Crippen LogP contribution in [0, 0.1) is 0 Å². The van der Waals surface area contributed by atoms with Crippen molar-refractivity contribution < 1.29 is 17.4 Å². The maximum Gasteiger partial charge on any atom is 0.264 e. The normalized spacial score (nSPS) is 23.2. The Balaban J connectivity index is 1.57. The number of aromatic nitrogens is 1. The summed E-state index contributed by atoms with van der Waals surface area (Å²) in [6.45, 7) is 1.84. The summed E-state index contributed by atoms with van der Waals surface area (Å²) in [6.07, 6.45) is 1.59. The standard InChI is InChI=1S/C11H15N3O4S2/c1-20(16,17)18-7-4-14(5-7)11-13-9(6-19-11)10(15)8-2-3-12-8/h6-8,12H,2-5H2,1H3. The van der Waals surface area contributed by atoms with Gasteiger partial charge in [-0.1, -0.05) is 0 Å². The molecule has 1 aromatic rings. The van der Waals surface area contributed by atoms with Crippen LogP contribution in [0.2, 0.25) is 0 Å². The molecule has 3 heterocycles. The van der Waals surface area contributed by atoms with Gasteiger partial charge in [0.25, 0.3) is 10.1 Å². The lowest BCUT2D eigenvalue weighted by atomic mass is 10.0. The van der Waals surface area contributed by atoms with Crippen LogP contribution in [0.4, 0.5) is 5.13 Å². The number of ketones is 1. The molecule has 0 spiro atoms. The fourth-order valence-electron chi connectivity index (χ4n) is 2.12. The van der Waals surface area contributed by atoms with Gasteiger partial charge in [-0.05, 0) is 13.0 Å². The van der Waals surface area contributed by atoms with E-state index in [1.54, 1.807) is 5.38 Å². The summed E-state index contributed by atoms with van der Waals surface area (Å²) in [7, 11) is -3.41. The van der Waals surface area contributed by atoms with Gasteiger partial charge >= 0.3 is 0 Å². The summed E-state index contributed by atoms with van der Waals surface area (Å²) in [5, 5.41) is 5.55. The van der Waals surface area contributed by atoms with Crippen LogP contribution in [0.5, 0.6) is 0 Å². The quantitative estimate of drug-likeness (QED) is 0.597. The number of thiazole rings is 1. The first kappa shape index (κ1) is 13.9. The smallest absolute Gasteiger partial charge is 0.264 e. The molecule has 1 aromatic heterocycles. The zero-order chi connectivity index (χ0) is 14.3. The summed E-state index contributed by atoms with van der Waals surface area (Å²) >= 11 is 1.40. The number of carbonyl (C=O) groups excluding carboxylic acids is 1. The van der Waals surface area contributed by atoms with Gasteiger partial charge in [0.1, 0.15) is 11.8 Å². The SMILES string of the molecule is CS(=O)(=O)OC1CN(c2nc(C(=O)C3CCN3)cs2)C1. The summed E-state index contributed by atoms with van der Waals surface area (Å²) in [6, 6.07) is -0.0948. The predicted molar refractivity (Wildman–Crippen MR) is 74.8 cm³/mol. The Morgan fingerprint density at radius 2 is 2.25 bits per heavy atom. The fourth-order valence-corrected chi connectivity index (χ4v) is 3.57. The molecule has 0 radical (unpaired) electrons. The predicted octanol–water partition coefficient (Wildman–Crippen LogP) is -0.147. The highest BCUT2D eigenvalue weighted by atomic mass is 32.2. The van der Waals surface area contributed by atoms with Crippen LogP contribution in [0.1, 0.15) is 16.9 Å². The molecule has 0 aromatic carbocycles. The third kappa shape index (κ3) is 2.85. The molecule has 2 saturated heterocycles. The minimum Gasteiger partial charge on any atom is -0.343 e. The molecule has 1 N–H and O–H groups in total. The van der Waals surface area contributed by atoms with E-state index in [2.05, 4.69) is 10.3 Å². The molecule has 7 nitrogen and oxygen atoms in total. The topological polar surface area (TPSA) is 88.6 Å². The lowest BCUT2D eigenvalue weighted by molar-refractivity contribution is 0.0899. The Labute approximate surface area is 121 Å². The van der Waals surface area contributed by atoms with Gasteiger partial charge in [-0.2, -0.15) is 8.42 Å². The van der Waals surface area contributed by atoms with Crippen LogP contribution in [-0.4, -0.2) is 57.2 Å². The van der Waals surface area contributed by atoms with Gasteiger partial charge in [0.2, 0.25) is 0 Å². The van der Waals surface area contributed by atoms with Gasteiger partial charge in [-0.15, -0.1) is 11.3 Å². The van der Waals surface area contributed by atoms with E-state index in [4.69, 9.17) is 4.18 Å².